The van der Waals surface area contributed by atoms with Gasteiger partial charge in [0.05, 0.1) is 26.4 Å². The summed E-state index contributed by atoms with van der Waals surface area (Å²) in [5.74, 6) is 0.611. The zero-order valence-corrected chi connectivity index (χ0v) is 10.0. The van der Waals surface area contributed by atoms with Gasteiger partial charge in [-0.2, -0.15) is 0 Å². The Morgan fingerprint density at radius 2 is 1.75 bits per heavy atom. The van der Waals surface area contributed by atoms with Crippen LogP contribution < -0.4 is 0 Å². The van der Waals surface area contributed by atoms with Gasteiger partial charge in [-0.25, -0.2) is 0 Å². The molecule has 2 fully saturated rings. The molecule has 0 amide bonds. The fourth-order valence-electron chi connectivity index (χ4n) is 1.56. The molecule has 3 atom stereocenters. The van der Waals surface area contributed by atoms with Crippen molar-refractivity contribution in [2.45, 2.75) is 32.0 Å². The number of epoxide rings is 2. The predicted octanol–water partition coefficient (Wildman–Crippen LogP) is 1.23. The van der Waals surface area contributed by atoms with Gasteiger partial charge in [0.1, 0.15) is 12.2 Å². The summed E-state index contributed by atoms with van der Waals surface area (Å²) in [6.45, 7) is 7.20. The third-order valence-electron chi connectivity index (χ3n) is 2.80. The van der Waals surface area contributed by atoms with Gasteiger partial charge in [-0.3, -0.25) is 0 Å². The number of hydrogen-bond donors (Lipinski definition) is 0. The Hall–Kier alpha value is -0.160. The largest absolute Gasteiger partial charge is 0.379 e. The van der Waals surface area contributed by atoms with E-state index in [0.29, 0.717) is 18.1 Å². The summed E-state index contributed by atoms with van der Waals surface area (Å²) < 4.78 is 21.1. The monoisotopic (exact) mass is 230 g/mol. The molecule has 0 bridgehead atoms. The maximum atomic E-state index is 5.54. The van der Waals surface area contributed by atoms with Gasteiger partial charge < -0.3 is 18.9 Å². The summed E-state index contributed by atoms with van der Waals surface area (Å²) >= 11 is 0. The van der Waals surface area contributed by atoms with Crippen LogP contribution in [-0.2, 0) is 18.9 Å². The van der Waals surface area contributed by atoms with Gasteiger partial charge in [-0.05, 0) is 18.8 Å². The van der Waals surface area contributed by atoms with E-state index >= 15 is 0 Å². The molecule has 3 unspecified atom stereocenters. The van der Waals surface area contributed by atoms with E-state index in [1.165, 1.54) is 0 Å². The molecule has 2 aliphatic rings. The molecule has 2 heterocycles. The summed E-state index contributed by atoms with van der Waals surface area (Å²) in [7, 11) is 0. The fourth-order valence-corrected chi connectivity index (χ4v) is 1.56. The first-order chi connectivity index (χ1) is 7.84. The Morgan fingerprint density at radius 3 is 2.38 bits per heavy atom. The van der Waals surface area contributed by atoms with Crippen LogP contribution in [-0.4, -0.2) is 51.8 Å². The minimum Gasteiger partial charge on any atom is -0.379 e. The molecule has 94 valence electrons. The van der Waals surface area contributed by atoms with Crippen molar-refractivity contribution in [3.63, 3.8) is 0 Å². The van der Waals surface area contributed by atoms with Crippen LogP contribution in [0.2, 0.25) is 0 Å². The zero-order valence-electron chi connectivity index (χ0n) is 10.0. The van der Waals surface area contributed by atoms with E-state index in [1.807, 2.05) is 0 Å². The second-order valence-electron chi connectivity index (χ2n) is 4.77. The minimum absolute atomic E-state index is 0.383. The average Bonchev–Trinajstić information content (AvgIpc) is 3.12. The SMILES string of the molecule is CC(CCCOCC1CO1)COCC1CO1. The van der Waals surface area contributed by atoms with Crippen LogP contribution in [0.25, 0.3) is 0 Å². The van der Waals surface area contributed by atoms with Crippen molar-refractivity contribution in [1.29, 1.82) is 0 Å². The molecular weight excluding hydrogens is 208 g/mol. The third kappa shape index (κ3) is 5.80. The number of hydrogen-bond acceptors (Lipinski definition) is 4. The fraction of sp³-hybridized carbons (Fsp3) is 1.00. The van der Waals surface area contributed by atoms with E-state index in [9.17, 15) is 0 Å². The lowest BCUT2D eigenvalue weighted by molar-refractivity contribution is 0.0781. The lowest BCUT2D eigenvalue weighted by Gasteiger charge is -2.11. The summed E-state index contributed by atoms with van der Waals surface area (Å²) in [6.07, 6.45) is 3.04. The lowest BCUT2D eigenvalue weighted by atomic mass is 10.1. The van der Waals surface area contributed by atoms with Crippen molar-refractivity contribution in [2.24, 2.45) is 5.92 Å². The molecule has 2 aliphatic heterocycles. The molecule has 4 heteroatoms. The van der Waals surface area contributed by atoms with Crippen molar-refractivity contribution in [3.05, 3.63) is 0 Å². The Labute approximate surface area is 97.2 Å². The first-order valence-corrected chi connectivity index (χ1v) is 6.23. The molecular formula is C12H22O4. The molecule has 0 aromatic heterocycles. The lowest BCUT2D eigenvalue weighted by Crippen LogP contribution is -2.11. The van der Waals surface area contributed by atoms with E-state index in [2.05, 4.69) is 6.92 Å². The van der Waals surface area contributed by atoms with Crippen molar-refractivity contribution in [2.75, 3.05) is 39.6 Å². The van der Waals surface area contributed by atoms with E-state index < -0.39 is 0 Å². The Kier molecular flexibility index (Phi) is 5.03. The van der Waals surface area contributed by atoms with Gasteiger partial charge >= 0.3 is 0 Å². The third-order valence-corrected chi connectivity index (χ3v) is 2.80. The first kappa shape index (κ1) is 12.3. The van der Waals surface area contributed by atoms with Crippen LogP contribution in [0.3, 0.4) is 0 Å². The highest BCUT2D eigenvalue weighted by Crippen LogP contribution is 2.12. The van der Waals surface area contributed by atoms with Gasteiger partial charge in [0.25, 0.3) is 0 Å². The van der Waals surface area contributed by atoms with E-state index in [-0.39, 0.29) is 0 Å². The molecule has 16 heavy (non-hydrogen) atoms. The summed E-state index contributed by atoms with van der Waals surface area (Å²) in [6, 6.07) is 0. The summed E-state index contributed by atoms with van der Waals surface area (Å²) in [4.78, 5) is 0. The zero-order chi connectivity index (χ0) is 11.2. The molecule has 2 saturated heterocycles. The van der Waals surface area contributed by atoms with Crippen molar-refractivity contribution in [3.8, 4) is 0 Å². The second kappa shape index (κ2) is 6.55. The molecule has 4 nitrogen and oxygen atoms in total. The van der Waals surface area contributed by atoms with Crippen LogP contribution in [0.5, 0.6) is 0 Å². The average molecular weight is 230 g/mol. The maximum absolute atomic E-state index is 5.54. The Bertz CT molecular complexity index is 189. The van der Waals surface area contributed by atoms with Crippen LogP contribution in [0, 0.1) is 5.92 Å². The highest BCUT2D eigenvalue weighted by atomic mass is 16.6. The quantitative estimate of drug-likeness (QED) is 0.418. The normalized spacial score (nSPS) is 29.1. The highest BCUT2D eigenvalue weighted by Gasteiger charge is 2.23. The van der Waals surface area contributed by atoms with Gasteiger partial charge in [0.15, 0.2) is 0 Å². The van der Waals surface area contributed by atoms with Crippen molar-refractivity contribution >= 4 is 0 Å². The predicted molar refractivity (Wildman–Crippen MR) is 59.5 cm³/mol. The maximum Gasteiger partial charge on any atom is 0.104 e. The molecule has 0 N–H and O–H groups in total. The molecule has 0 radical (unpaired) electrons. The van der Waals surface area contributed by atoms with Gasteiger partial charge in [0.2, 0.25) is 0 Å². The van der Waals surface area contributed by atoms with Crippen LogP contribution >= 0.6 is 0 Å². The van der Waals surface area contributed by atoms with E-state index in [0.717, 1.165) is 52.5 Å². The summed E-state index contributed by atoms with van der Waals surface area (Å²) in [5.41, 5.74) is 0. The topological polar surface area (TPSA) is 43.5 Å². The number of ether oxygens (including phenoxy) is 4. The molecule has 0 spiro atoms. The van der Waals surface area contributed by atoms with Gasteiger partial charge in [-0.15, -0.1) is 0 Å². The Morgan fingerprint density at radius 1 is 1.12 bits per heavy atom. The second-order valence-corrected chi connectivity index (χ2v) is 4.77. The van der Waals surface area contributed by atoms with E-state index in [1.54, 1.807) is 0 Å². The number of rotatable bonds is 10. The highest BCUT2D eigenvalue weighted by molar-refractivity contribution is 4.68. The molecule has 2 rings (SSSR count). The van der Waals surface area contributed by atoms with Crippen LogP contribution in [0.1, 0.15) is 19.8 Å². The van der Waals surface area contributed by atoms with Crippen molar-refractivity contribution in [1.82, 2.24) is 0 Å². The summed E-state index contributed by atoms with van der Waals surface area (Å²) in [5, 5.41) is 0. The van der Waals surface area contributed by atoms with E-state index in [4.69, 9.17) is 18.9 Å². The van der Waals surface area contributed by atoms with Gasteiger partial charge in [-0.1, -0.05) is 6.92 Å². The first-order valence-electron chi connectivity index (χ1n) is 6.23. The smallest absolute Gasteiger partial charge is 0.104 e. The van der Waals surface area contributed by atoms with Crippen LogP contribution in [0.15, 0.2) is 0 Å². The van der Waals surface area contributed by atoms with Crippen LogP contribution in [0.4, 0.5) is 0 Å². The minimum atomic E-state index is 0.383. The molecule has 0 aromatic rings. The molecule has 0 aliphatic carbocycles. The molecule has 0 aromatic carbocycles. The van der Waals surface area contributed by atoms with Gasteiger partial charge in [0, 0.05) is 13.2 Å². The Balaban J connectivity index is 1.33. The standard InChI is InChI=1S/C12H22O4/c1-10(5-14-7-12-9-16-12)3-2-4-13-6-11-8-15-11/h10-12H,2-9H2,1H3. The van der Waals surface area contributed by atoms with Crippen molar-refractivity contribution < 1.29 is 18.9 Å². The molecule has 0 saturated carbocycles.